The lowest BCUT2D eigenvalue weighted by Crippen LogP contribution is -2.36. The zero-order valence-electron chi connectivity index (χ0n) is 13.2. The molecule has 1 aromatic rings. The van der Waals surface area contributed by atoms with Crippen LogP contribution in [-0.4, -0.2) is 18.6 Å². The van der Waals surface area contributed by atoms with Crippen LogP contribution in [0.5, 0.6) is 5.75 Å². The number of nitrogens with one attached hydrogen (secondary N) is 1. The van der Waals surface area contributed by atoms with Crippen LogP contribution in [0.1, 0.15) is 62.7 Å². The second-order valence-corrected chi connectivity index (χ2v) is 6.34. The Morgan fingerprint density at radius 1 is 1.24 bits per heavy atom. The fourth-order valence-corrected chi connectivity index (χ4v) is 2.69. The van der Waals surface area contributed by atoms with Crippen LogP contribution in [0, 0.1) is 5.92 Å². The molecule has 1 fully saturated rings. The molecule has 0 heterocycles. The van der Waals surface area contributed by atoms with Crippen LogP contribution in [-0.2, 0) is 0 Å². The molecule has 2 rings (SSSR count). The lowest BCUT2D eigenvalue weighted by atomic mass is 9.95. The van der Waals surface area contributed by atoms with E-state index in [1.807, 2.05) is 24.3 Å². The summed E-state index contributed by atoms with van der Waals surface area (Å²) in [4.78, 5) is 12.4. The topological polar surface area (TPSA) is 38.3 Å². The maximum Gasteiger partial charge on any atom is 0.255 e. The Morgan fingerprint density at radius 2 is 1.95 bits per heavy atom. The van der Waals surface area contributed by atoms with Crippen LogP contribution in [0.25, 0.3) is 0 Å². The molecule has 1 aliphatic rings. The second kappa shape index (κ2) is 8.06. The van der Waals surface area contributed by atoms with Crippen molar-refractivity contribution >= 4 is 5.91 Å². The highest BCUT2D eigenvalue weighted by Crippen LogP contribution is 2.21. The Hall–Kier alpha value is -1.51. The fourth-order valence-electron chi connectivity index (χ4n) is 2.69. The summed E-state index contributed by atoms with van der Waals surface area (Å²) in [5.74, 6) is 1.31. The summed E-state index contributed by atoms with van der Waals surface area (Å²) in [6.45, 7) is 5.00. The van der Waals surface area contributed by atoms with Crippen molar-refractivity contribution in [1.29, 1.82) is 0 Å². The second-order valence-electron chi connectivity index (χ2n) is 6.34. The van der Waals surface area contributed by atoms with E-state index in [2.05, 4.69) is 19.2 Å². The Bertz CT molecular complexity index is 450. The van der Waals surface area contributed by atoms with Crippen molar-refractivity contribution in [2.75, 3.05) is 6.61 Å². The Balaban J connectivity index is 1.95. The zero-order valence-corrected chi connectivity index (χ0v) is 13.2. The predicted octanol–water partition coefficient (Wildman–Crippen LogP) is 4.17. The Morgan fingerprint density at radius 3 is 2.67 bits per heavy atom. The summed E-state index contributed by atoms with van der Waals surface area (Å²) in [5, 5.41) is 3.16. The minimum absolute atomic E-state index is 0.00190. The van der Waals surface area contributed by atoms with E-state index in [-0.39, 0.29) is 5.91 Å². The van der Waals surface area contributed by atoms with Crippen LogP contribution in [0.2, 0.25) is 0 Å². The highest BCUT2D eigenvalue weighted by atomic mass is 16.5. The molecular formula is C18H27NO2. The van der Waals surface area contributed by atoms with E-state index in [1.54, 1.807) is 0 Å². The molecule has 0 atom stereocenters. The van der Waals surface area contributed by atoms with Crippen LogP contribution in [0.3, 0.4) is 0 Å². The summed E-state index contributed by atoms with van der Waals surface area (Å²) in [7, 11) is 0. The molecule has 0 aliphatic heterocycles. The van der Waals surface area contributed by atoms with Gasteiger partial charge in [0.05, 0.1) is 12.2 Å². The van der Waals surface area contributed by atoms with Crippen molar-refractivity contribution in [3.8, 4) is 5.75 Å². The highest BCUT2D eigenvalue weighted by Gasteiger charge is 2.18. The van der Waals surface area contributed by atoms with Gasteiger partial charge in [-0.15, -0.1) is 0 Å². The van der Waals surface area contributed by atoms with Gasteiger partial charge in [-0.1, -0.05) is 45.2 Å². The minimum atomic E-state index is 0.00190. The molecule has 3 heteroatoms. The maximum atomic E-state index is 12.4. The molecular weight excluding hydrogens is 262 g/mol. The largest absolute Gasteiger partial charge is 0.493 e. The Labute approximate surface area is 128 Å². The first-order valence-electron chi connectivity index (χ1n) is 8.19. The van der Waals surface area contributed by atoms with Gasteiger partial charge in [0.15, 0.2) is 0 Å². The molecule has 1 saturated carbocycles. The SMILES string of the molecule is CC(C)CCOc1ccccc1C(=O)NC1CCCCC1. The minimum Gasteiger partial charge on any atom is -0.493 e. The van der Waals surface area contributed by atoms with E-state index in [0.717, 1.165) is 19.3 Å². The number of hydrogen-bond donors (Lipinski definition) is 1. The van der Waals surface area contributed by atoms with E-state index in [0.29, 0.717) is 29.9 Å². The third-order valence-electron chi connectivity index (χ3n) is 4.02. The van der Waals surface area contributed by atoms with Crippen molar-refractivity contribution < 1.29 is 9.53 Å². The molecule has 0 bridgehead atoms. The quantitative estimate of drug-likeness (QED) is 0.853. The molecule has 0 saturated heterocycles. The zero-order chi connectivity index (χ0) is 15.1. The molecule has 1 N–H and O–H groups in total. The third-order valence-corrected chi connectivity index (χ3v) is 4.02. The van der Waals surface area contributed by atoms with Gasteiger partial charge < -0.3 is 10.1 Å². The van der Waals surface area contributed by atoms with Gasteiger partial charge >= 0.3 is 0 Å². The van der Waals surface area contributed by atoms with Crippen LogP contribution >= 0.6 is 0 Å². The van der Waals surface area contributed by atoms with Crippen LogP contribution < -0.4 is 10.1 Å². The van der Waals surface area contributed by atoms with Crippen molar-refractivity contribution in [2.24, 2.45) is 5.92 Å². The van der Waals surface area contributed by atoms with Gasteiger partial charge in [-0.05, 0) is 37.3 Å². The molecule has 3 nitrogen and oxygen atoms in total. The highest BCUT2D eigenvalue weighted by molar-refractivity contribution is 5.97. The van der Waals surface area contributed by atoms with Gasteiger partial charge in [0.2, 0.25) is 0 Å². The van der Waals surface area contributed by atoms with Crippen LogP contribution in [0.15, 0.2) is 24.3 Å². The van der Waals surface area contributed by atoms with E-state index in [4.69, 9.17) is 4.74 Å². The van der Waals surface area contributed by atoms with Gasteiger partial charge in [-0.3, -0.25) is 4.79 Å². The number of para-hydroxylation sites is 1. The first-order valence-corrected chi connectivity index (χ1v) is 8.19. The number of hydrogen-bond acceptors (Lipinski definition) is 2. The van der Waals surface area contributed by atoms with E-state index < -0.39 is 0 Å². The molecule has 21 heavy (non-hydrogen) atoms. The normalized spacial score (nSPS) is 16.0. The summed E-state index contributed by atoms with van der Waals surface area (Å²) in [6, 6.07) is 7.88. The lowest BCUT2D eigenvalue weighted by molar-refractivity contribution is 0.0923. The number of amides is 1. The molecule has 116 valence electrons. The smallest absolute Gasteiger partial charge is 0.255 e. The third kappa shape index (κ3) is 5.07. The van der Waals surface area contributed by atoms with Crippen molar-refractivity contribution in [1.82, 2.24) is 5.32 Å². The fraction of sp³-hybridized carbons (Fsp3) is 0.611. The van der Waals surface area contributed by atoms with Crippen molar-refractivity contribution in [3.05, 3.63) is 29.8 Å². The first-order chi connectivity index (χ1) is 10.2. The van der Waals surface area contributed by atoms with E-state index >= 15 is 0 Å². The molecule has 0 aromatic heterocycles. The Kier molecular flexibility index (Phi) is 6.09. The van der Waals surface area contributed by atoms with Gasteiger partial charge in [-0.25, -0.2) is 0 Å². The molecule has 0 unspecified atom stereocenters. The molecule has 1 aliphatic carbocycles. The number of ether oxygens (including phenoxy) is 1. The molecule has 1 amide bonds. The average Bonchev–Trinajstić information content (AvgIpc) is 2.48. The van der Waals surface area contributed by atoms with Gasteiger partial charge in [-0.2, -0.15) is 0 Å². The summed E-state index contributed by atoms with van der Waals surface area (Å²) in [6.07, 6.45) is 6.93. The number of carbonyl (C=O) groups is 1. The molecule has 0 spiro atoms. The van der Waals surface area contributed by atoms with E-state index in [1.165, 1.54) is 19.3 Å². The summed E-state index contributed by atoms with van der Waals surface area (Å²) in [5.41, 5.74) is 0.659. The average molecular weight is 289 g/mol. The molecule has 1 aromatic carbocycles. The van der Waals surface area contributed by atoms with Gasteiger partial charge in [0.25, 0.3) is 5.91 Å². The number of rotatable bonds is 6. The van der Waals surface area contributed by atoms with Crippen molar-refractivity contribution in [3.63, 3.8) is 0 Å². The monoisotopic (exact) mass is 289 g/mol. The van der Waals surface area contributed by atoms with Crippen molar-refractivity contribution in [2.45, 2.75) is 58.4 Å². The summed E-state index contributed by atoms with van der Waals surface area (Å²) >= 11 is 0. The predicted molar refractivity (Wildman–Crippen MR) is 85.7 cm³/mol. The molecule has 0 radical (unpaired) electrons. The lowest BCUT2D eigenvalue weighted by Gasteiger charge is -2.23. The van der Waals surface area contributed by atoms with Gasteiger partial charge in [0, 0.05) is 6.04 Å². The standard InChI is InChI=1S/C18H27NO2/c1-14(2)12-13-21-17-11-7-6-10-16(17)18(20)19-15-8-4-3-5-9-15/h6-7,10-11,14-15H,3-5,8-9,12-13H2,1-2H3,(H,19,20). The first kappa shape index (κ1) is 15.9. The summed E-state index contributed by atoms with van der Waals surface area (Å²) < 4.78 is 5.80. The van der Waals surface area contributed by atoms with Crippen LogP contribution in [0.4, 0.5) is 0 Å². The maximum absolute atomic E-state index is 12.4. The van der Waals surface area contributed by atoms with Gasteiger partial charge in [0.1, 0.15) is 5.75 Å². The number of benzene rings is 1. The number of carbonyl (C=O) groups excluding carboxylic acids is 1. The van der Waals surface area contributed by atoms with E-state index in [9.17, 15) is 4.79 Å².